The smallest absolute Gasteiger partial charge is 0.325 e. The number of thiophene rings is 1. The first-order valence-corrected chi connectivity index (χ1v) is 6.18. The first kappa shape index (κ1) is 14.2. The van der Waals surface area contributed by atoms with E-state index in [0.717, 1.165) is 0 Å². The van der Waals surface area contributed by atoms with Gasteiger partial charge in [0, 0.05) is 5.56 Å². The highest BCUT2D eigenvalue weighted by atomic mass is 32.1. The van der Waals surface area contributed by atoms with E-state index in [1.54, 1.807) is 18.4 Å². The monoisotopic (exact) mass is 267 g/mol. The van der Waals surface area contributed by atoms with Gasteiger partial charge in [0.05, 0.1) is 6.61 Å². The number of hydrogen-bond donors (Lipinski definition) is 2. The van der Waals surface area contributed by atoms with Crippen molar-refractivity contribution < 1.29 is 19.4 Å². The van der Waals surface area contributed by atoms with E-state index in [-0.39, 0.29) is 25.7 Å². The third-order valence-corrected chi connectivity index (χ3v) is 2.79. The van der Waals surface area contributed by atoms with Crippen LogP contribution in [-0.4, -0.2) is 36.7 Å². The number of amides is 1. The van der Waals surface area contributed by atoms with Gasteiger partial charge in [-0.1, -0.05) is 11.8 Å². The Labute approximate surface area is 109 Å². The number of aliphatic hydroxyl groups is 1. The lowest BCUT2D eigenvalue weighted by Crippen LogP contribution is -2.30. The zero-order chi connectivity index (χ0) is 13.4. The lowest BCUT2D eigenvalue weighted by atomic mass is 10.2. The molecule has 0 fully saturated rings. The van der Waals surface area contributed by atoms with Gasteiger partial charge in [-0.3, -0.25) is 9.59 Å². The summed E-state index contributed by atoms with van der Waals surface area (Å²) in [6.07, 6.45) is 0. The largest absolute Gasteiger partial charge is 0.465 e. The Morgan fingerprint density at radius 2 is 2.33 bits per heavy atom. The van der Waals surface area contributed by atoms with Gasteiger partial charge in [-0.25, -0.2) is 0 Å². The van der Waals surface area contributed by atoms with Crippen LogP contribution in [0.15, 0.2) is 11.4 Å². The van der Waals surface area contributed by atoms with Crippen molar-refractivity contribution >= 4 is 23.2 Å². The maximum absolute atomic E-state index is 11.8. The molecule has 0 atom stereocenters. The standard InChI is InChI=1S/C12H13NO4S/c1-2-17-10(15)8-13-12(16)11-9(4-3-6-14)5-7-18-11/h5,7,14H,2,6,8H2,1H3,(H,13,16). The van der Waals surface area contributed by atoms with Crippen molar-refractivity contribution in [2.24, 2.45) is 0 Å². The van der Waals surface area contributed by atoms with Crippen LogP contribution in [0, 0.1) is 11.8 Å². The molecule has 5 nitrogen and oxygen atoms in total. The van der Waals surface area contributed by atoms with Crippen LogP contribution >= 0.6 is 11.3 Å². The number of nitrogens with one attached hydrogen (secondary N) is 1. The Morgan fingerprint density at radius 1 is 1.56 bits per heavy atom. The lowest BCUT2D eigenvalue weighted by molar-refractivity contribution is -0.141. The van der Waals surface area contributed by atoms with E-state index < -0.39 is 5.97 Å². The van der Waals surface area contributed by atoms with Crippen molar-refractivity contribution in [3.05, 3.63) is 21.9 Å². The molecule has 1 aromatic heterocycles. The molecule has 0 radical (unpaired) electrons. The molecule has 0 saturated heterocycles. The fraction of sp³-hybridized carbons (Fsp3) is 0.333. The number of hydrogen-bond acceptors (Lipinski definition) is 5. The number of esters is 1. The molecule has 18 heavy (non-hydrogen) atoms. The number of carbonyl (C=O) groups excluding carboxylic acids is 2. The molecule has 1 rings (SSSR count). The molecule has 2 N–H and O–H groups in total. The summed E-state index contributed by atoms with van der Waals surface area (Å²) in [7, 11) is 0. The van der Waals surface area contributed by atoms with E-state index in [4.69, 9.17) is 9.84 Å². The number of carbonyl (C=O) groups is 2. The molecule has 0 saturated carbocycles. The van der Waals surface area contributed by atoms with Crippen LogP contribution < -0.4 is 5.32 Å². The Bertz CT molecular complexity index is 484. The fourth-order valence-electron chi connectivity index (χ4n) is 1.16. The van der Waals surface area contributed by atoms with Gasteiger partial charge < -0.3 is 15.2 Å². The molecule has 0 aliphatic rings. The van der Waals surface area contributed by atoms with Crippen molar-refractivity contribution in [2.75, 3.05) is 19.8 Å². The minimum absolute atomic E-state index is 0.169. The van der Waals surface area contributed by atoms with E-state index >= 15 is 0 Å². The van der Waals surface area contributed by atoms with Crippen LogP contribution in [0.4, 0.5) is 0 Å². The summed E-state index contributed by atoms with van der Waals surface area (Å²) in [6, 6.07) is 1.69. The molecule has 0 aromatic carbocycles. The highest BCUT2D eigenvalue weighted by Crippen LogP contribution is 2.15. The predicted octanol–water partition coefficient (Wildman–Crippen LogP) is 0.385. The van der Waals surface area contributed by atoms with Crippen molar-refractivity contribution in [1.82, 2.24) is 5.32 Å². The van der Waals surface area contributed by atoms with Gasteiger partial charge >= 0.3 is 5.97 Å². The number of ether oxygens (including phenoxy) is 1. The van der Waals surface area contributed by atoms with Crippen molar-refractivity contribution in [1.29, 1.82) is 0 Å². The summed E-state index contributed by atoms with van der Waals surface area (Å²) in [5.74, 6) is 4.29. The third-order valence-electron chi connectivity index (χ3n) is 1.87. The SMILES string of the molecule is CCOC(=O)CNC(=O)c1sccc1C#CCO. The highest BCUT2D eigenvalue weighted by molar-refractivity contribution is 7.12. The molecule has 0 unspecified atom stereocenters. The Kier molecular flexibility index (Phi) is 5.91. The first-order valence-electron chi connectivity index (χ1n) is 5.30. The second kappa shape index (κ2) is 7.48. The Hall–Kier alpha value is -1.84. The minimum atomic E-state index is -0.481. The van der Waals surface area contributed by atoms with Crippen LogP contribution in [0.5, 0.6) is 0 Å². The fourth-order valence-corrected chi connectivity index (χ4v) is 1.93. The highest BCUT2D eigenvalue weighted by Gasteiger charge is 2.13. The van der Waals surface area contributed by atoms with Crippen LogP contribution in [0.25, 0.3) is 0 Å². The quantitative estimate of drug-likeness (QED) is 0.611. The molecule has 1 amide bonds. The molecule has 1 heterocycles. The van der Waals surface area contributed by atoms with E-state index in [1.165, 1.54) is 11.3 Å². The van der Waals surface area contributed by atoms with Crippen LogP contribution in [0.1, 0.15) is 22.2 Å². The van der Waals surface area contributed by atoms with Gasteiger partial charge in [-0.15, -0.1) is 11.3 Å². The zero-order valence-corrected chi connectivity index (χ0v) is 10.7. The van der Waals surface area contributed by atoms with E-state index in [0.29, 0.717) is 10.4 Å². The Balaban J connectivity index is 2.62. The molecule has 0 bridgehead atoms. The summed E-state index contributed by atoms with van der Waals surface area (Å²) in [5, 5.41) is 12.8. The van der Waals surface area contributed by atoms with Crippen molar-refractivity contribution in [2.45, 2.75) is 6.92 Å². The normalized spacial score (nSPS) is 9.22. The average Bonchev–Trinajstić information content (AvgIpc) is 2.82. The Morgan fingerprint density at radius 3 is 3.00 bits per heavy atom. The summed E-state index contributed by atoms with van der Waals surface area (Å²) in [4.78, 5) is 23.3. The molecular formula is C12H13NO4S. The van der Waals surface area contributed by atoms with Crippen molar-refractivity contribution in [3.8, 4) is 11.8 Å². The summed E-state index contributed by atoms with van der Waals surface area (Å²) in [5.41, 5.74) is 0.537. The second-order valence-corrected chi connectivity index (χ2v) is 4.03. The molecular weight excluding hydrogens is 254 g/mol. The van der Waals surface area contributed by atoms with Gasteiger partial charge in [0.1, 0.15) is 18.0 Å². The van der Waals surface area contributed by atoms with Crippen LogP contribution in [-0.2, 0) is 9.53 Å². The second-order valence-electron chi connectivity index (χ2n) is 3.11. The van der Waals surface area contributed by atoms with Gasteiger partial charge in [0.2, 0.25) is 0 Å². The summed E-state index contributed by atoms with van der Waals surface area (Å²) >= 11 is 1.22. The number of rotatable bonds is 4. The van der Waals surface area contributed by atoms with E-state index in [2.05, 4.69) is 17.2 Å². The van der Waals surface area contributed by atoms with E-state index in [9.17, 15) is 9.59 Å². The molecule has 0 spiro atoms. The summed E-state index contributed by atoms with van der Waals surface area (Å²) < 4.78 is 4.69. The number of aliphatic hydroxyl groups excluding tert-OH is 1. The van der Waals surface area contributed by atoms with E-state index in [1.807, 2.05) is 0 Å². The topological polar surface area (TPSA) is 75.6 Å². The van der Waals surface area contributed by atoms with Crippen LogP contribution in [0.2, 0.25) is 0 Å². The van der Waals surface area contributed by atoms with Gasteiger partial charge in [-0.2, -0.15) is 0 Å². The van der Waals surface area contributed by atoms with Crippen molar-refractivity contribution in [3.63, 3.8) is 0 Å². The van der Waals surface area contributed by atoms with Gasteiger partial charge in [0.25, 0.3) is 5.91 Å². The molecule has 6 heteroatoms. The minimum Gasteiger partial charge on any atom is -0.465 e. The molecule has 0 aliphatic carbocycles. The maximum Gasteiger partial charge on any atom is 0.325 e. The third kappa shape index (κ3) is 4.20. The maximum atomic E-state index is 11.8. The predicted molar refractivity (Wildman–Crippen MR) is 67.2 cm³/mol. The summed E-state index contributed by atoms with van der Waals surface area (Å²) in [6.45, 7) is 1.54. The molecule has 0 aliphatic heterocycles. The first-order chi connectivity index (χ1) is 8.69. The molecule has 96 valence electrons. The zero-order valence-electron chi connectivity index (χ0n) is 9.86. The van der Waals surface area contributed by atoms with Gasteiger partial charge in [-0.05, 0) is 18.4 Å². The lowest BCUT2D eigenvalue weighted by Gasteiger charge is -2.03. The van der Waals surface area contributed by atoms with Gasteiger partial charge in [0.15, 0.2) is 0 Å². The van der Waals surface area contributed by atoms with Crippen LogP contribution in [0.3, 0.4) is 0 Å². The molecule has 1 aromatic rings. The average molecular weight is 267 g/mol.